The highest BCUT2D eigenvalue weighted by Crippen LogP contribution is 2.28. The van der Waals surface area contributed by atoms with Crippen LogP contribution in [-0.2, 0) is 15.9 Å². The van der Waals surface area contributed by atoms with Crippen LogP contribution in [0.4, 0.5) is 0 Å². The minimum atomic E-state index is -3.49. The first-order chi connectivity index (χ1) is 9.90. The number of nitrogens with zero attached hydrogens (tertiary/aromatic N) is 2. The lowest BCUT2D eigenvalue weighted by Gasteiger charge is -2.38. The van der Waals surface area contributed by atoms with Crippen molar-refractivity contribution in [1.82, 2.24) is 9.21 Å². The van der Waals surface area contributed by atoms with E-state index < -0.39 is 10.0 Å². The summed E-state index contributed by atoms with van der Waals surface area (Å²) in [4.78, 5) is 2.52. The number of piperazine rings is 1. The molecule has 7 heteroatoms. The second-order valence-corrected chi connectivity index (χ2v) is 8.33. The van der Waals surface area contributed by atoms with Crippen molar-refractivity contribution in [2.75, 3.05) is 26.7 Å². The summed E-state index contributed by atoms with van der Waals surface area (Å²) < 4.78 is 27.9. The van der Waals surface area contributed by atoms with Gasteiger partial charge in [-0.2, -0.15) is 4.31 Å². The first kappa shape index (κ1) is 17.2. The number of rotatable bonds is 4. The number of halogens is 2. The standard InChI is InChI=1S/C14H20BrClN2O2S/c1-3-12-10-18(7-6-17(12)2)21(19,20)14-8-11(9-16)4-5-13(14)15/h4-5,8,12H,3,6-7,9-10H2,1-2H3. The van der Waals surface area contributed by atoms with Gasteiger partial charge in [0.15, 0.2) is 0 Å². The van der Waals surface area contributed by atoms with Crippen molar-refractivity contribution in [3.05, 3.63) is 28.2 Å². The van der Waals surface area contributed by atoms with Gasteiger partial charge in [0.25, 0.3) is 0 Å². The Morgan fingerprint density at radius 3 is 2.71 bits per heavy atom. The largest absolute Gasteiger partial charge is 0.301 e. The first-order valence-electron chi connectivity index (χ1n) is 6.95. The molecule has 1 aromatic carbocycles. The average molecular weight is 396 g/mol. The van der Waals surface area contributed by atoms with Crippen molar-refractivity contribution in [3.63, 3.8) is 0 Å². The smallest absolute Gasteiger partial charge is 0.244 e. The number of hydrogen-bond donors (Lipinski definition) is 0. The molecule has 0 saturated carbocycles. The number of sulfonamides is 1. The van der Waals surface area contributed by atoms with E-state index in [0.29, 0.717) is 28.3 Å². The molecule has 0 amide bonds. The Labute approximate surface area is 140 Å². The van der Waals surface area contributed by atoms with Crippen molar-refractivity contribution in [1.29, 1.82) is 0 Å². The Bertz CT molecular complexity index is 609. The normalized spacial score (nSPS) is 21.6. The van der Waals surface area contributed by atoms with Crippen LogP contribution in [0.1, 0.15) is 18.9 Å². The van der Waals surface area contributed by atoms with Gasteiger partial charge in [-0.1, -0.05) is 13.0 Å². The van der Waals surface area contributed by atoms with Crippen LogP contribution in [0, 0.1) is 0 Å². The van der Waals surface area contributed by atoms with Crippen molar-refractivity contribution in [2.24, 2.45) is 0 Å². The van der Waals surface area contributed by atoms with Crippen LogP contribution in [0.2, 0.25) is 0 Å². The van der Waals surface area contributed by atoms with Gasteiger partial charge >= 0.3 is 0 Å². The molecule has 0 bridgehead atoms. The van der Waals surface area contributed by atoms with E-state index >= 15 is 0 Å². The molecule has 1 unspecified atom stereocenters. The lowest BCUT2D eigenvalue weighted by Crippen LogP contribution is -2.52. The van der Waals surface area contributed by atoms with Crippen LogP contribution in [0.3, 0.4) is 0 Å². The Kier molecular flexibility index (Phi) is 5.71. The topological polar surface area (TPSA) is 40.6 Å². The second-order valence-electron chi connectivity index (χ2n) is 5.30. The van der Waals surface area contributed by atoms with E-state index in [9.17, 15) is 8.42 Å². The van der Waals surface area contributed by atoms with Crippen LogP contribution in [0.15, 0.2) is 27.6 Å². The maximum absolute atomic E-state index is 12.9. The summed E-state index contributed by atoms with van der Waals surface area (Å²) in [6.07, 6.45) is 0.936. The number of benzene rings is 1. The molecule has 0 aromatic heterocycles. The van der Waals surface area contributed by atoms with Crippen molar-refractivity contribution >= 4 is 37.6 Å². The zero-order valence-electron chi connectivity index (χ0n) is 12.2. The van der Waals surface area contributed by atoms with Crippen LogP contribution < -0.4 is 0 Å². The molecule has 1 heterocycles. The van der Waals surface area contributed by atoms with Crippen molar-refractivity contribution < 1.29 is 8.42 Å². The van der Waals surface area contributed by atoms with E-state index in [2.05, 4.69) is 27.8 Å². The third kappa shape index (κ3) is 3.62. The van der Waals surface area contributed by atoms with Gasteiger partial charge in [-0.3, -0.25) is 0 Å². The Morgan fingerprint density at radius 2 is 2.10 bits per heavy atom. The molecule has 1 atom stereocenters. The highest BCUT2D eigenvalue weighted by atomic mass is 79.9. The molecule has 1 aliphatic heterocycles. The van der Waals surface area contributed by atoms with E-state index in [-0.39, 0.29) is 6.04 Å². The lowest BCUT2D eigenvalue weighted by atomic mass is 10.1. The molecule has 0 radical (unpaired) electrons. The molecule has 0 aliphatic carbocycles. The summed E-state index contributed by atoms with van der Waals surface area (Å²) in [5, 5.41) is 0. The lowest BCUT2D eigenvalue weighted by molar-refractivity contribution is 0.144. The van der Waals surface area contributed by atoms with Crippen LogP contribution in [0.5, 0.6) is 0 Å². The molecule has 118 valence electrons. The molecular weight excluding hydrogens is 376 g/mol. The van der Waals surface area contributed by atoms with E-state index in [0.717, 1.165) is 18.5 Å². The van der Waals surface area contributed by atoms with Gasteiger partial charge in [-0.25, -0.2) is 8.42 Å². The molecule has 1 saturated heterocycles. The molecule has 0 N–H and O–H groups in total. The molecule has 0 spiro atoms. The Hall–Kier alpha value is -0.140. The fraction of sp³-hybridized carbons (Fsp3) is 0.571. The molecule has 4 nitrogen and oxygen atoms in total. The zero-order valence-corrected chi connectivity index (χ0v) is 15.4. The number of hydrogen-bond acceptors (Lipinski definition) is 3. The van der Waals surface area contributed by atoms with E-state index in [1.165, 1.54) is 0 Å². The summed E-state index contributed by atoms with van der Waals surface area (Å²) in [6, 6.07) is 5.50. The SMILES string of the molecule is CCC1CN(S(=O)(=O)c2cc(CCl)ccc2Br)CCN1C. The maximum Gasteiger partial charge on any atom is 0.244 e. The summed E-state index contributed by atoms with van der Waals surface area (Å²) in [7, 11) is -1.45. The van der Waals surface area contributed by atoms with Crippen LogP contribution >= 0.6 is 27.5 Å². The van der Waals surface area contributed by atoms with Crippen LogP contribution in [0.25, 0.3) is 0 Å². The number of likely N-dealkylation sites (N-methyl/N-ethyl adjacent to an activating group) is 1. The third-order valence-corrected chi connectivity index (χ3v) is 7.15. The van der Waals surface area contributed by atoms with Gasteiger partial charge in [0.05, 0.1) is 4.90 Å². The first-order valence-corrected chi connectivity index (χ1v) is 9.71. The average Bonchev–Trinajstić information content (AvgIpc) is 2.47. The molecular formula is C14H20BrClN2O2S. The van der Waals surface area contributed by atoms with Gasteiger partial charge in [0, 0.05) is 36.0 Å². The third-order valence-electron chi connectivity index (χ3n) is 3.98. The quantitative estimate of drug-likeness (QED) is 0.736. The maximum atomic E-state index is 12.9. The molecule has 1 aromatic rings. The second kappa shape index (κ2) is 6.96. The predicted molar refractivity (Wildman–Crippen MR) is 89.2 cm³/mol. The highest BCUT2D eigenvalue weighted by Gasteiger charge is 2.33. The van der Waals surface area contributed by atoms with Gasteiger partial charge in [-0.05, 0) is 47.1 Å². The monoisotopic (exact) mass is 394 g/mol. The van der Waals surface area contributed by atoms with Crippen LogP contribution in [-0.4, -0.2) is 50.3 Å². The summed E-state index contributed by atoms with van der Waals surface area (Å²) in [6.45, 7) is 3.89. The summed E-state index contributed by atoms with van der Waals surface area (Å²) in [5.41, 5.74) is 0.805. The van der Waals surface area contributed by atoms with E-state index in [1.807, 2.05) is 13.1 Å². The molecule has 21 heavy (non-hydrogen) atoms. The fourth-order valence-electron chi connectivity index (χ4n) is 2.54. The highest BCUT2D eigenvalue weighted by molar-refractivity contribution is 9.10. The van der Waals surface area contributed by atoms with E-state index in [1.54, 1.807) is 16.4 Å². The zero-order chi connectivity index (χ0) is 15.6. The summed E-state index contributed by atoms with van der Waals surface area (Å²) in [5.74, 6) is 0.302. The minimum absolute atomic E-state index is 0.267. The Morgan fingerprint density at radius 1 is 1.38 bits per heavy atom. The van der Waals surface area contributed by atoms with Gasteiger partial charge in [0.2, 0.25) is 10.0 Å². The van der Waals surface area contributed by atoms with Gasteiger partial charge in [-0.15, -0.1) is 11.6 Å². The van der Waals surface area contributed by atoms with Gasteiger partial charge < -0.3 is 4.90 Å². The minimum Gasteiger partial charge on any atom is -0.301 e. The summed E-state index contributed by atoms with van der Waals surface area (Å²) >= 11 is 9.17. The fourth-order valence-corrected chi connectivity index (χ4v) is 5.15. The Balaban J connectivity index is 2.34. The van der Waals surface area contributed by atoms with Crippen molar-refractivity contribution in [3.8, 4) is 0 Å². The van der Waals surface area contributed by atoms with Crippen molar-refractivity contribution in [2.45, 2.75) is 30.2 Å². The number of alkyl halides is 1. The predicted octanol–water partition coefficient (Wildman–Crippen LogP) is 2.90. The van der Waals surface area contributed by atoms with Gasteiger partial charge in [0.1, 0.15) is 0 Å². The molecule has 1 fully saturated rings. The van der Waals surface area contributed by atoms with E-state index in [4.69, 9.17) is 11.6 Å². The molecule has 2 rings (SSSR count). The molecule has 1 aliphatic rings.